The molecular weight excluding hydrogens is 398 g/mol. The van der Waals surface area contributed by atoms with E-state index in [0.717, 1.165) is 17.3 Å². The number of nitrogens with two attached hydrogens (primary N) is 1. The molecule has 0 unspecified atom stereocenters. The molecule has 4 rings (SSSR count). The maximum absolute atomic E-state index is 13.2. The van der Waals surface area contributed by atoms with Gasteiger partial charge in [-0.15, -0.1) is 0 Å². The van der Waals surface area contributed by atoms with Gasteiger partial charge >= 0.3 is 5.69 Å². The summed E-state index contributed by atoms with van der Waals surface area (Å²) >= 11 is 0. The van der Waals surface area contributed by atoms with Gasteiger partial charge in [0.05, 0.1) is 22.3 Å². The van der Waals surface area contributed by atoms with Gasteiger partial charge in [0.2, 0.25) is 17.5 Å². The van der Waals surface area contributed by atoms with Gasteiger partial charge in [0.15, 0.2) is 0 Å². The number of fused-ring (bicyclic) bond motifs is 1. The number of carbonyl (C=O) groups excluding carboxylic acids is 1. The predicted octanol–water partition coefficient (Wildman–Crippen LogP) is 3.21. The Morgan fingerprint density at radius 1 is 1.23 bits per heavy atom. The van der Waals surface area contributed by atoms with Gasteiger partial charge in [0, 0.05) is 17.3 Å². The van der Waals surface area contributed by atoms with Crippen LogP contribution in [-0.4, -0.2) is 31.3 Å². The van der Waals surface area contributed by atoms with Gasteiger partial charge < -0.3 is 10.1 Å². The number of hydrogen-bond acceptors (Lipinski definition) is 8. The van der Waals surface area contributed by atoms with E-state index in [9.17, 15) is 14.9 Å². The molecule has 154 valence electrons. The van der Waals surface area contributed by atoms with Gasteiger partial charge in [-0.25, -0.2) is 4.98 Å². The zero-order valence-electron chi connectivity index (χ0n) is 16.4. The first-order valence-electron chi connectivity index (χ1n) is 9.22. The maximum Gasteiger partial charge on any atom is 0.331 e. The zero-order valence-corrected chi connectivity index (χ0v) is 16.4. The molecular formula is C21H17N7O3. The number of benzene rings is 1. The number of ketones is 1. The summed E-state index contributed by atoms with van der Waals surface area (Å²) in [5, 5.41) is 15.3. The van der Waals surface area contributed by atoms with Crippen LogP contribution in [0.15, 0.2) is 66.0 Å². The topological polar surface area (TPSA) is 141 Å². The van der Waals surface area contributed by atoms with Crippen molar-refractivity contribution in [1.29, 1.82) is 0 Å². The van der Waals surface area contributed by atoms with E-state index >= 15 is 0 Å². The first-order valence-corrected chi connectivity index (χ1v) is 9.22. The van der Waals surface area contributed by atoms with Crippen LogP contribution in [0.2, 0.25) is 0 Å². The molecule has 10 nitrogen and oxygen atoms in total. The summed E-state index contributed by atoms with van der Waals surface area (Å²) in [6, 6.07) is 14.5. The molecule has 0 aliphatic heterocycles. The van der Waals surface area contributed by atoms with Gasteiger partial charge in [-0.05, 0) is 24.6 Å². The van der Waals surface area contributed by atoms with Gasteiger partial charge in [0.1, 0.15) is 6.20 Å². The number of pyridine rings is 1. The van der Waals surface area contributed by atoms with Crippen LogP contribution >= 0.6 is 0 Å². The second-order valence-electron chi connectivity index (χ2n) is 6.63. The van der Waals surface area contributed by atoms with E-state index in [-0.39, 0.29) is 23.2 Å². The van der Waals surface area contributed by atoms with Crippen LogP contribution in [0.4, 0.5) is 17.5 Å². The van der Waals surface area contributed by atoms with Gasteiger partial charge in [-0.3, -0.25) is 20.3 Å². The summed E-state index contributed by atoms with van der Waals surface area (Å²) in [6.07, 6.45) is 4.31. The van der Waals surface area contributed by atoms with Crippen molar-refractivity contribution in [3.8, 4) is 0 Å². The number of anilines is 2. The zero-order chi connectivity index (χ0) is 22.0. The Bertz CT molecular complexity index is 1330. The van der Waals surface area contributed by atoms with E-state index in [1.807, 2.05) is 43.3 Å². The highest BCUT2D eigenvalue weighted by molar-refractivity contribution is 6.11. The molecule has 0 amide bonds. The Morgan fingerprint density at radius 3 is 2.71 bits per heavy atom. The van der Waals surface area contributed by atoms with Crippen LogP contribution in [0, 0.1) is 17.0 Å². The van der Waals surface area contributed by atoms with E-state index in [4.69, 9.17) is 5.73 Å². The second kappa shape index (κ2) is 8.03. The van der Waals surface area contributed by atoms with Crippen LogP contribution in [0.25, 0.3) is 5.52 Å². The number of nitrogens with zero attached hydrogens (tertiary/aromatic N) is 5. The third-order valence-corrected chi connectivity index (χ3v) is 4.74. The predicted molar refractivity (Wildman–Crippen MR) is 116 cm³/mol. The van der Waals surface area contributed by atoms with E-state index in [0.29, 0.717) is 16.8 Å². The average molecular weight is 415 g/mol. The summed E-state index contributed by atoms with van der Waals surface area (Å²) in [5.41, 5.74) is 11.0. The third-order valence-electron chi connectivity index (χ3n) is 4.74. The molecule has 0 aliphatic carbocycles. The lowest BCUT2D eigenvalue weighted by atomic mass is 10.0. The van der Waals surface area contributed by atoms with E-state index < -0.39 is 4.92 Å². The Labute approximate surface area is 176 Å². The molecule has 10 heteroatoms. The summed E-state index contributed by atoms with van der Waals surface area (Å²) in [5.74, 6) is -0.369. The Morgan fingerprint density at radius 2 is 1.97 bits per heavy atom. The standard InChI is InChI=1S/C21H17N7O3/c1-13-15(11-24-26-20-17(28(30)31)12-23-21(22)25-20)16-9-5-6-10-27(16)18(13)19(29)14-7-3-2-4-8-14/h2-12H,1H3,(H3,22,23,25,26)/b24-11+. The monoisotopic (exact) mass is 415 g/mol. The second-order valence-corrected chi connectivity index (χ2v) is 6.63. The van der Waals surface area contributed by atoms with Crippen molar-refractivity contribution < 1.29 is 9.72 Å². The molecule has 1 aromatic carbocycles. The fourth-order valence-corrected chi connectivity index (χ4v) is 3.29. The molecule has 0 bridgehead atoms. The van der Waals surface area contributed by atoms with Crippen LogP contribution in [-0.2, 0) is 0 Å². The number of aromatic nitrogens is 3. The molecule has 0 aliphatic rings. The molecule has 3 aromatic heterocycles. The van der Waals surface area contributed by atoms with Crippen molar-refractivity contribution in [3.63, 3.8) is 0 Å². The summed E-state index contributed by atoms with van der Waals surface area (Å²) in [7, 11) is 0. The number of nitrogens with one attached hydrogen (secondary N) is 1. The molecule has 3 N–H and O–H groups in total. The minimum Gasteiger partial charge on any atom is -0.368 e. The lowest BCUT2D eigenvalue weighted by Gasteiger charge is -2.03. The number of carbonyl (C=O) groups is 1. The average Bonchev–Trinajstić information content (AvgIpc) is 3.05. The SMILES string of the molecule is Cc1c(/C=N/Nc2nc(N)ncc2[N+](=O)[O-])c2ccccn2c1C(=O)c1ccccc1. The van der Waals surface area contributed by atoms with Crippen LogP contribution in [0.1, 0.15) is 27.2 Å². The molecule has 0 fully saturated rings. The minimum atomic E-state index is -0.632. The summed E-state index contributed by atoms with van der Waals surface area (Å²) in [6.45, 7) is 1.83. The van der Waals surface area contributed by atoms with Crippen LogP contribution < -0.4 is 11.2 Å². The van der Waals surface area contributed by atoms with Crippen molar-refractivity contribution in [1.82, 2.24) is 14.4 Å². The summed E-state index contributed by atoms with van der Waals surface area (Å²) in [4.78, 5) is 31.1. The highest BCUT2D eigenvalue weighted by atomic mass is 16.6. The van der Waals surface area contributed by atoms with Crippen molar-refractivity contribution in [2.45, 2.75) is 6.92 Å². The van der Waals surface area contributed by atoms with Crippen molar-refractivity contribution in [3.05, 3.63) is 93.4 Å². The summed E-state index contributed by atoms with van der Waals surface area (Å²) < 4.78 is 1.80. The highest BCUT2D eigenvalue weighted by Crippen LogP contribution is 2.25. The lowest BCUT2D eigenvalue weighted by molar-refractivity contribution is -0.384. The number of nitrogen functional groups attached to an aromatic ring is 1. The Balaban J connectivity index is 1.75. The number of rotatable bonds is 6. The molecule has 0 radical (unpaired) electrons. The first-order chi connectivity index (χ1) is 15.0. The van der Waals surface area contributed by atoms with E-state index in [1.54, 1.807) is 22.7 Å². The molecule has 4 aromatic rings. The number of hydrazone groups is 1. The van der Waals surface area contributed by atoms with Crippen LogP contribution in [0.5, 0.6) is 0 Å². The van der Waals surface area contributed by atoms with E-state index in [1.165, 1.54) is 6.21 Å². The van der Waals surface area contributed by atoms with Crippen molar-refractivity contribution >= 4 is 35.0 Å². The first kappa shape index (κ1) is 19.7. The van der Waals surface area contributed by atoms with Crippen molar-refractivity contribution in [2.24, 2.45) is 5.10 Å². The third kappa shape index (κ3) is 3.69. The minimum absolute atomic E-state index is 0.119. The Kier molecular flexibility index (Phi) is 5.10. The largest absolute Gasteiger partial charge is 0.368 e. The number of nitro groups is 1. The van der Waals surface area contributed by atoms with Gasteiger partial charge in [0.25, 0.3) is 0 Å². The maximum atomic E-state index is 13.2. The van der Waals surface area contributed by atoms with Gasteiger partial charge in [-0.2, -0.15) is 10.1 Å². The van der Waals surface area contributed by atoms with Crippen molar-refractivity contribution in [2.75, 3.05) is 11.2 Å². The van der Waals surface area contributed by atoms with Gasteiger partial charge in [-0.1, -0.05) is 36.4 Å². The normalized spacial score (nSPS) is 11.1. The quantitative estimate of drug-likeness (QED) is 0.213. The molecule has 0 saturated carbocycles. The lowest BCUT2D eigenvalue weighted by Crippen LogP contribution is -2.06. The fraction of sp³-hybridized carbons (Fsp3) is 0.0476. The molecule has 0 saturated heterocycles. The van der Waals surface area contributed by atoms with Crippen LogP contribution in [0.3, 0.4) is 0 Å². The number of hydrogen-bond donors (Lipinski definition) is 2. The molecule has 0 atom stereocenters. The van der Waals surface area contributed by atoms with E-state index in [2.05, 4.69) is 20.5 Å². The molecule has 31 heavy (non-hydrogen) atoms. The smallest absolute Gasteiger partial charge is 0.331 e. The molecule has 0 spiro atoms. The highest BCUT2D eigenvalue weighted by Gasteiger charge is 2.21. The fourth-order valence-electron chi connectivity index (χ4n) is 3.29. The Hall–Kier alpha value is -4.60. The molecule has 3 heterocycles.